The number of nitrogens with zero attached hydrogens (tertiary/aromatic N) is 4. The summed E-state index contributed by atoms with van der Waals surface area (Å²) < 4.78 is 60.6. The van der Waals surface area contributed by atoms with Gasteiger partial charge in [0.25, 0.3) is 0 Å². The summed E-state index contributed by atoms with van der Waals surface area (Å²) in [6.45, 7) is -2.27. The number of nitrogen functional groups attached to an aromatic ring is 1. The first kappa shape index (κ1) is 32.7. The second-order valence-electron chi connectivity index (χ2n) is 7.96. The Labute approximate surface area is 222 Å². The molecule has 0 aromatic carbocycles. The van der Waals surface area contributed by atoms with Gasteiger partial charge in [-0.2, -0.15) is 4.31 Å². The summed E-state index contributed by atoms with van der Waals surface area (Å²) in [5.74, 6) is -0.0828. The highest BCUT2D eigenvalue weighted by Gasteiger charge is 2.51. The normalized spacial score (nSPS) is 25.9. The van der Waals surface area contributed by atoms with Gasteiger partial charge in [0.15, 0.2) is 30.1 Å². The van der Waals surface area contributed by atoms with Crippen LogP contribution < -0.4 is 5.73 Å². The molecule has 40 heavy (non-hydrogen) atoms. The van der Waals surface area contributed by atoms with E-state index in [9.17, 15) is 43.6 Å². The third kappa shape index (κ3) is 7.93. The van der Waals surface area contributed by atoms with Gasteiger partial charge in [0.05, 0.1) is 19.5 Å². The number of aromatic nitrogens is 4. The third-order valence-electron chi connectivity index (χ3n) is 5.14. The summed E-state index contributed by atoms with van der Waals surface area (Å²) in [4.78, 5) is 59.9. The van der Waals surface area contributed by atoms with Gasteiger partial charge in [-0.1, -0.05) is 0 Å². The lowest BCUT2D eigenvalue weighted by Gasteiger charge is -2.26. The molecule has 1 aliphatic heterocycles. The molecule has 226 valence electrons. The number of aldehydes is 1. The fourth-order valence-corrected chi connectivity index (χ4v) is 6.21. The van der Waals surface area contributed by atoms with Crippen molar-refractivity contribution < 1.29 is 81.1 Å². The number of imidazole rings is 1. The highest BCUT2D eigenvalue weighted by molar-refractivity contribution is 7.61. The van der Waals surface area contributed by atoms with Crippen LogP contribution in [0.4, 0.5) is 5.82 Å². The zero-order valence-corrected chi connectivity index (χ0v) is 22.3. The Hall–Kier alpha value is -1.81. The van der Waals surface area contributed by atoms with Crippen molar-refractivity contribution in [3.05, 3.63) is 12.7 Å². The number of aliphatic hydroxyl groups excluding tert-OH is 4. The summed E-state index contributed by atoms with van der Waals surface area (Å²) in [5.41, 5.74) is 5.72. The number of rotatable bonds is 14. The van der Waals surface area contributed by atoms with E-state index in [1.54, 1.807) is 0 Å². The highest BCUT2D eigenvalue weighted by Crippen LogP contribution is 2.62. The number of carbonyl (C=O) groups is 1. The Morgan fingerprint density at radius 1 is 1.12 bits per heavy atom. The lowest BCUT2D eigenvalue weighted by atomic mass is 10.1. The van der Waals surface area contributed by atoms with Gasteiger partial charge >= 0.3 is 23.5 Å². The summed E-state index contributed by atoms with van der Waals surface area (Å²) in [6, 6.07) is 0. The molecule has 1 unspecified atom stereocenters. The minimum absolute atomic E-state index is 0.0327. The lowest BCUT2D eigenvalue weighted by molar-refractivity contribution is -0.127. The number of fused-ring (bicyclic) bond motifs is 1. The van der Waals surface area contributed by atoms with Crippen LogP contribution in [0.5, 0.6) is 0 Å². The standard InChI is InChI=1S/C15H24N5O17P3/c16-13-9-14(18-4-17-13)20(5-19-9)15-12(36-38(26,27)28)11(25)8(34-15)3-33-40(32,37-39(29,30)31)35-7(2-22)10(24)6(23)1-21/h2,4-8,10-12,15,21,23-25H,1,3H2,(H2,16,17,18)(H2,26,27,28)(H2,29,30,31)/t6-,7+,8-,10-,11-,12-,15-,40?/m1/s1. The van der Waals surface area contributed by atoms with Gasteiger partial charge in [-0.3, -0.25) is 18.1 Å². The smallest absolute Gasteiger partial charge is 0.394 e. The summed E-state index contributed by atoms with van der Waals surface area (Å²) >= 11 is 0. The molecule has 1 aliphatic rings. The van der Waals surface area contributed by atoms with E-state index < -0.39 is 79.5 Å². The van der Waals surface area contributed by atoms with Crippen LogP contribution in [-0.4, -0.2) is 116 Å². The topological polar surface area (TPSA) is 346 Å². The molecule has 0 aliphatic carbocycles. The van der Waals surface area contributed by atoms with Crippen LogP contribution in [0.25, 0.3) is 11.2 Å². The van der Waals surface area contributed by atoms with E-state index in [4.69, 9.17) is 29.9 Å². The second-order valence-corrected chi connectivity index (χ2v) is 12.2. The molecular formula is C15H24N5O17P3. The predicted octanol–water partition coefficient (Wildman–Crippen LogP) is -3.32. The Bertz CT molecular complexity index is 1330. The average molecular weight is 639 g/mol. The van der Waals surface area contributed by atoms with Crippen molar-refractivity contribution >= 4 is 46.7 Å². The molecule has 10 N–H and O–H groups in total. The molecule has 3 rings (SSSR count). The van der Waals surface area contributed by atoms with Crippen LogP contribution in [0.15, 0.2) is 12.7 Å². The molecule has 0 saturated carbocycles. The van der Waals surface area contributed by atoms with Crippen LogP contribution >= 0.6 is 23.5 Å². The van der Waals surface area contributed by atoms with Crippen LogP contribution in [0.1, 0.15) is 6.23 Å². The molecule has 0 radical (unpaired) electrons. The first-order chi connectivity index (χ1) is 18.5. The van der Waals surface area contributed by atoms with E-state index >= 15 is 0 Å². The molecule has 3 heterocycles. The van der Waals surface area contributed by atoms with E-state index in [-0.39, 0.29) is 23.3 Å². The van der Waals surface area contributed by atoms with Crippen molar-refractivity contribution in [3.8, 4) is 0 Å². The van der Waals surface area contributed by atoms with Gasteiger partial charge in [-0.15, -0.1) is 0 Å². The maximum absolute atomic E-state index is 13.0. The third-order valence-corrected chi connectivity index (χ3v) is 8.28. The molecule has 0 bridgehead atoms. The Morgan fingerprint density at radius 3 is 2.38 bits per heavy atom. The van der Waals surface area contributed by atoms with Gasteiger partial charge in [0.1, 0.15) is 42.4 Å². The Kier molecular flexibility index (Phi) is 10.3. The minimum atomic E-state index is -5.71. The fraction of sp³-hybridized carbons (Fsp3) is 0.600. The first-order valence-electron chi connectivity index (χ1n) is 10.6. The number of hydrogen-bond donors (Lipinski definition) is 9. The molecule has 0 amide bonds. The summed E-state index contributed by atoms with van der Waals surface area (Å²) in [5, 5.41) is 39.0. The molecule has 22 nitrogen and oxygen atoms in total. The van der Waals surface area contributed by atoms with Crippen molar-refractivity contribution in [2.75, 3.05) is 18.9 Å². The summed E-state index contributed by atoms with van der Waals surface area (Å²) in [6.07, 6.45) is -12.1. The Morgan fingerprint density at radius 2 is 1.80 bits per heavy atom. The molecule has 1 fully saturated rings. The zero-order valence-electron chi connectivity index (χ0n) is 19.6. The maximum Gasteiger partial charge on any atom is 0.484 e. The van der Waals surface area contributed by atoms with Gasteiger partial charge in [-0.25, -0.2) is 28.6 Å². The number of nitrogens with two attached hydrogens (primary N) is 1. The van der Waals surface area contributed by atoms with Gasteiger partial charge < -0.3 is 55.3 Å². The van der Waals surface area contributed by atoms with E-state index in [0.29, 0.717) is 0 Å². The molecule has 8 atom stereocenters. The van der Waals surface area contributed by atoms with E-state index in [1.165, 1.54) is 0 Å². The molecule has 1 saturated heterocycles. The predicted molar refractivity (Wildman–Crippen MR) is 123 cm³/mol. The van der Waals surface area contributed by atoms with Crippen LogP contribution in [-0.2, 0) is 41.1 Å². The fourth-order valence-electron chi connectivity index (χ4n) is 3.42. The molecule has 25 heteroatoms. The number of aliphatic hydroxyl groups is 4. The Balaban J connectivity index is 1.89. The second kappa shape index (κ2) is 12.6. The first-order valence-corrected chi connectivity index (χ1v) is 15.1. The van der Waals surface area contributed by atoms with E-state index in [1.807, 2.05) is 0 Å². The number of hydrogen-bond acceptors (Lipinski definition) is 17. The van der Waals surface area contributed by atoms with E-state index in [0.717, 1.165) is 17.2 Å². The molecule has 2 aromatic rings. The van der Waals surface area contributed by atoms with Crippen molar-refractivity contribution in [1.82, 2.24) is 19.5 Å². The van der Waals surface area contributed by atoms with Crippen molar-refractivity contribution in [3.63, 3.8) is 0 Å². The maximum atomic E-state index is 13.0. The number of phosphoric acid groups is 3. The molecule has 0 spiro atoms. The van der Waals surface area contributed by atoms with Gasteiger partial charge in [-0.05, 0) is 0 Å². The largest absolute Gasteiger partial charge is 0.484 e. The van der Waals surface area contributed by atoms with Gasteiger partial charge in [0.2, 0.25) is 0 Å². The zero-order chi connectivity index (χ0) is 30.0. The molecule has 2 aromatic heterocycles. The monoisotopic (exact) mass is 639 g/mol. The quantitative estimate of drug-likeness (QED) is 0.0721. The number of ether oxygens (including phenoxy) is 1. The lowest BCUT2D eigenvalue weighted by Crippen LogP contribution is -2.41. The SMILES string of the molecule is Nc1ncnc2c1ncn2[C@@H]1O[C@H](COP(=O)(O[C@@H](C=O)[C@H](O)[C@H](O)CO)OP(=O)(O)O)[C@@H](O)[C@H]1OP(=O)(O)O. The number of carbonyl (C=O) groups excluding carboxylic acids is 1. The van der Waals surface area contributed by atoms with Crippen LogP contribution in [0.2, 0.25) is 0 Å². The van der Waals surface area contributed by atoms with E-state index in [2.05, 4.69) is 28.3 Å². The van der Waals surface area contributed by atoms with Crippen LogP contribution in [0, 0.1) is 0 Å². The minimum Gasteiger partial charge on any atom is -0.394 e. The molecular weight excluding hydrogens is 615 g/mol. The highest BCUT2D eigenvalue weighted by atomic mass is 31.3. The summed E-state index contributed by atoms with van der Waals surface area (Å²) in [7, 11) is -16.6. The van der Waals surface area contributed by atoms with Crippen LogP contribution in [0.3, 0.4) is 0 Å². The van der Waals surface area contributed by atoms with Gasteiger partial charge in [0, 0.05) is 0 Å². The number of anilines is 1. The van der Waals surface area contributed by atoms with Crippen molar-refractivity contribution in [2.24, 2.45) is 0 Å². The van der Waals surface area contributed by atoms with Crippen molar-refractivity contribution in [2.45, 2.75) is 42.9 Å². The van der Waals surface area contributed by atoms with Crippen molar-refractivity contribution in [1.29, 1.82) is 0 Å². The average Bonchev–Trinajstić information content (AvgIpc) is 3.40. The number of phosphoric ester groups is 2.